The number of amides is 1. The van der Waals surface area contributed by atoms with Crippen LogP contribution in [0.1, 0.15) is 35.1 Å². The maximum Gasteiger partial charge on any atom is 0.331 e. The molecule has 0 bridgehead atoms. The van der Waals surface area contributed by atoms with Crippen LogP contribution in [0.15, 0.2) is 81.1 Å². The summed E-state index contributed by atoms with van der Waals surface area (Å²) in [4.78, 5) is 24.7. The number of furan rings is 2. The maximum absolute atomic E-state index is 12.8. The molecule has 152 valence electrons. The van der Waals surface area contributed by atoms with E-state index in [-0.39, 0.29) is 6.04 Å². The monoisotopic (exact) mass is 404 g/mol. The number of ether oxygens (including phenoxy) is 1. The quantitative estimate of drug-likeness (QED) is 0.456. The van der Waals surface area contributed by atoms with Gasteiger partial charge in [-0.2, -0.15) is 5.10 Å². The van der Waals surface area contributed by atoms with E-state index >= 15 is 0 Å². The highest BCUT2D eigenvalue weighted by atomic mass is 16.5. The lowest BCUT2D eigenvalue weighted by Gasteiger charge is -2.19. The van der Waals surface area contributed by atoms with Crippen molar-refractivity contribution in [2.45, 2.75) is 19.4 Å². The summed E-state index contributed by atoms with van der Waals surface area (Å²) in [6.07, 6.45) is 6.25. The van der Waals surface area contributed by atoms with Gasteiger partial charge in [0.05, 0.1) is 18.2 Å². The molecule has 0 N–H and O–H groups in total. The first kappa shape index (κ1) is 19.4. The summed E-state index contributed by atoms with van der Waals surface area (Å²) in [5.74, 6) is 0.0655. The van der Waals surface area contributed by atoms with Crippen LogP contribution in [-0.4, -0.2) is 29.2 Å². The molecular formula is C23H20N2O5. The average Bonchev–Trinajstić information content (AvgIpc) is 3.52. The fraction of sp³-hybridized carbons (Fsp3) is 0.174. The SMILES string of the molecule is Cc1ccc(C2=NN(C(=O)COC(=O)/C=C/c3ccco3)C(c3ccco3)C2)cc1. The third kappa shape index (κ3) is 4.41. The zero-order valence-electron chi connectivity index (χ0n) is 16.4. The fourth-order valence-corrected chi connectivity index (χ4v) is 3.15. The number of nitrogens with zero attached hydrogens (tertiary/aromatic N) is 2. The highest BCUT2D eigenvalue weighted by Crippen LogP contribution is 2.33. The van der Waals surface area contributed by atoms with Crippen LogP contribution in [0.25, 0.3) is 6.08 Å². The Morgan fingerprint density at radius 1 is 1.13 bits per heavy atom. The molecule has 1 aromatic carbocycles. The van der Waals surface area contributed by atoms with Gasteiger partial charge >= 0.3 is 5.97 Å². The van der Waals surface area contributed by atoms with Crippen LogP contribution in [0.3, 0.4) is 0 Å². The van der Waals surface area contributed by atoms with Gasteiger partial charge in [-0.05, 0) is 42.8 Å². The molecule has 1 unspecified atom stereocenters. The number of esters is 1. The highest BCUT2D eigenvalue weighted by Gasteiger charge is 2.35. The van der Waals surface area contributed by atoms with E-state index < -0.39 is 18.5 Å². The smallest absolute Gasteiger partial charge is 0.331 e. The minimum Gasteiger partial charge on any atom is -0.467 e. The molecule has 1 amide bonds. The van der Waals surface area contributed by atoms with Gasteiger partial charge in [-0.1, -0.05) is 29.8 Å². The molecular weight excluding hydrogens is 384 g/mol. The Hall–Kier alpha value is -3.87. The number of hydrazone groups is 1. The van der Waals surface area contributed by atoms with E-state index in [0.717, 1.165) is 16.8 Å². The molecule has 1 aliphatic rings. The summed E-state index contributed by atoms with van der Waals surface area (Å²) >= 11 is 0. The molecule has 0 radical (unpaired) electrons. The van der Waals surface area contributed by atoms with E-state index in [2.05, 4.69) is 5.10 Å². The molecule has 1 atom stereocenters. The minimum atomic E-state index is -0.642. The number of carbonyl (C=O) groups excluding carboxylic acids is 2. The number of aryl methyl sites for hydroxylation is 1. The van der Waals surface area contributed by atoms with E-state index in [0.29, 0.717) is 17.9 Å². The van der Waals surface area contributed by atoms with Gasteiger partial charge in [-0.15, -0.1) is 0 Å². The van der Waals surface area contributed by atoms with E-state index in [1.54, 1.807) is 30.5 Å². The van der Waals surface area contributed by atoms with Gasteiger partial charge in [-0.25, -0.2) is 9.80 Å². The molecule has 7 heteroatoms. The van der Waals surface area contributed by atoms with Gasteiger partial charge in [-0.3, -0.25) is 4.79 Å². The number of hydrogen-bond donors (Lipinski definition) is 0. The molecule has 3 aromatic rings. The summed E-state index contributed by atoms with van der Waals surface area (Å²) in [6.45, 7) is 1.58. The molecule has 2 aromatic heterocycles. The molecule has 3 heterocycles. The minimum absolute atomic E-state index is 0.388. The van der Waals surface area contributed by atoms with Crippen LogP contribution < -0.4 is 0 Å². The van der Waals surface area contributed by atoms with Gasteiger partial charge < -0.3 is 13.6 Å². The Kier molecular flexibility index (Phi) is 5.61. The van der Waals surface area contributed by atoms with Crippen LogP contribution in [0.4, 0.5) is 0 Å². The zero-order chi connectivity index (χ0) is 20.9. The van der Waals surface area contributed by atoms with E-state index in [9.17, 15) is 9.59 Å². The van der Waals surface area contributed by atoms with Crippen LogP contribution in [-0.2, 0) is 14.3 Å². The van der Waals surface area contributed by atoms with E-state index in [1.165, 1.54) is 23.4 Å². The summed E-state index contributed by atoms with van der Waals surface area (Å²) in [5, 5.41) is 5.84. The van der Waals surface area contributed by atoms with E-state index in [4.69, 9.17) is 13.6 Å². The summed E-state index contributed by atoms with van der Waals surface area (Å²) in [5.41, 5.74) is 2.85. The van der Waals surface area contributed by atoms with Gasteiger partial charge in [0.25, 0.3) is 5.91 Å². The maximum atomic E-state index is 12.8. The highest BCUT2D eigenvalue weighted by molar-refractivity contribution is 6.03. The lowest BCUT2D eigenvalue weighted by atomic mass is 10.0. The lowest BCUT2D eigenvalue weighted by Crippen LogP contribution is -2.31. The predicted octanol–water partition coefficient (Wildman–Crippen LogP) is 4.12. The van der Waals surface area contributed by atoms with Crippen molar-refractivity contribution in [3.05, 3.63) is 89.8 Å². The topological polar surface area (TPSA) is 85.3 Å². The van der Waals surface area contributed by atoms with Gasteiger partial charge in [0.2, 0.25) is 0 Å². The molecule has 0 aliphatic carbocycles. The second-order valence-corrected chi connectivity index (χ2v) is 6.84. The number of benzene rings is 1. The fourth-order valence-electron chi connectivity index (χ4n) is 3.15. The van der Waals surface area contributed by atoms with Gasteiger partial charge in [0.1, 0.15) is 17.6 Å². The standard InChI is InChI=1S/C23H20N2O5/c1-16-6-8-17(9-7-16)19-14-20(21-5-3-13-29-21)25(24-19)22(26)15-30-23(27)11-10-18-4-2-12-28-18/h2-13,20H,14-15H2,1H3/b11-10+. The molecule has 0 saturated heterocycles. The van der Waals surface area contributed by atoms with Crippen LogP contribution in [0, 0.1) is 6.92 Å². The normalized spacial score (nSPS) is 16.1. The first-order valence-electron chi connectivity index (χ1n) is 9.48. The van der Waals surface area contributed by atoms with Crippen LogP contribution in [0.5, 0.6) is 0 Å². The largest absolute Gasteiger partial charge is 0.467 e. The van der Waals surface area contributed by atoms with Crippen molar-refractivity contribution in [3.8, 4) is 0 Å². The predicted molar refractivity (Wildman–Crippen MR) is 109 cm³/mol. The summed E-state index contributed by atoms with van der Waals surface area (Å²) < 4.78 is 15.7. The van der Waals surface area contributed by atoms with Crippen molar-refractivity contribution in [2.24, 2.45) is 5.10 Å². The molecule has 0 spiro atoms. The Labute approximate surface area is 173 Å². The third-order valence-corrected chi connectivity index (χ3v) is 4.69. The molecule has 7 nitrogen and oxygen atoms in total. The molecule has 0 fully saturated rings. The Balaban J connectivity index is 1.46. The first-order chi connectivity index (χ1) is 14.6. The summed E-state index contributed by atoms with van der Waals surface area (Å²) in [6, 6.07) is 14.5. The zero-order valence-corrected chi connectivity index (χ0v) is 16.4. The van der Waals surface area contributed by atoms with Crippen molar-refractivity contribution in [3.63, 3.8) is 0 Å². The van der Waals surface area contributed by atoms with Crippen molar-refractivity contribution < 1.29 is 23.2 Å². The number of rotatable bonds is 6. The van der Waals surface area contributed by atoms with Crippen molar-refractivity contribution >= 4 is 23.7 Å². The second-order valence-electron chi connectivity index (χ2n) is 6.84. The van der Waals surface area contributed by atoms with Crippen molar-refractivity contribution in [1.29, 1.82) is 0 Å². The molecule has 1 aliphatic heterocycles. The van der Waals surface area contributed by atoms with Crippen LogP contribution in [0.2, 0.25) is 0 Å². The molecule has 0 saturated carbocycles. The molecule has 30 heavy (non-hydrogen) atoms. The van der Waals surface area contributed by atoms with E-state index in [1.807, 2.05) is 31.2 Å². The average molecular weight is 404 g/mol. The van der Waals surface area contributed by atoms with Gasteiger partial charge in [0, 0.05) is 12.5 Å². The van der Waals surface area contributed by atoms with Crippen LogP contribution >= 0.6 is 0 Å². The Bertz CT molecular complexity index is 1060. The van der Waals surface area contributed by atoms with Crippen molar-refractivity contribution in [1.82, 2.24) is 5.01 Å². The number of hydrogen-bond acceptors (Lipinski definition) is 6. The van der Waals surface area contributed by atoms with Gasteiger partial charge in [0.15, 0.2) is 6.61 Å². The number of carbonyl (C=O) groups is 2. The van der Waals surface area contributed by atoms with Crippen molar-refractivity contribution in [2.75, 3.05) is 6.61 Å². The second kappa shape index (κ2) is 8.65. The first-order valence-corrected chi connectivity index (χ1v) is 9.48. The Morgan fingerprint density at radius 3 is 2.60 bits per heavy atom. The molecule has 4 rings (SSSR count). The third-order valence-electron chi connectivity index (χ3n) is 4.69. The summed E-state index contributed by atoms with van der Waals surface area (Å²) in [7, 11) is 0. The lowest BCUT2D eigenvalue weighted by molar-refractivity contribution is -0.149. The Morgan fingerprint density at radius 2 is 1.90 bits per heavy atom.